The Balaban J connectivity index is 1.57. The molecule has 0 saturated heterocycles. The fourth-order valence-corrected chi connectivity index (χ4v) is 3.30. The lowest BCUT2D eigenvalue weighted by Crippen LogP contribution is -2.30. The van der Waals surface area contributed by atoms with Crippen LogP contribution in [0.4, 0.5) is 0 Å². The summed E-state index contributed by atoms with van der Waals surface area (Å²) < 4.78 is 6.73. The Morgan fingerprint density at radius 3 is 3.05 bits per heavy atom. The van der Waals surface area contributed by atoms with Crippen molar-refractivity contribution in [1.82, 2.24) is 5.32 Å². The Morgan fingerprint density at radius 2 is 2.26 bits per heavy atom. The Kier molecular flexibility index (Phi) is 6.48. The normalized spacial score (nSPS) is 23.3. The smallest absolute Gasteiger partial charge is 0.120 e. The van der Waals surface area contributed by atoms with Crippen LogP contribution in [0, 0.1) is 5.92 Å². The third kappa shape index (κ3) is 5.72. The SMILES string of the molecule is ClC1CCCC(CNCCOc2cccc(Br)c2)C1. The molecule has 1 fully saturated rings. The predicted molar refractivity (Wildman–Crippen MR) is 84.1 cm³/mol. The zero-order valence-electron chi connectivity index (χ0n) is 11.1. The highest BCUT2D eigenvalue weighted by atomic mass is 79.9. The molecule has 0 bridgehead atoms. The van der Waals surface area contributed by atoms with E-state index >= 15 is 0 Å². The lowest BCUT2D eigenvalue weighted by atomic mass is 9.89. The molecule has 0 amide bonds. The van der Waals surface area contributed by atoms with Crippen molar-refractivity contribution in [2.45, 2.75) is 31.1 Å². The van der Waals surface area contributed by atoms with Crippen LogP contribution in [0.5, 0.6) is 5.75 Å². The summed E-state index contributed by atoms with van der Waals surface area (Å²) in [6, 6.07) is 7.94. The van der Waals surface area contributed by atoms with E-state index in [1.807, 2.05) is 24.3 Å². The molecule has 2 atom stereocenters. The quantitative estimate of drug-likeness (QED) is 0.615. The minimum atomic E-state index is 0.387. The third-order valence-electron chi connectivity index (χ3n) is 3.50. The number of benzene rings is 1. The first kappa shape index (κ1) is 15.1. The fourth-order valence-electron chi connectivity index (χ4n) is 2.51. The number of hydrogen-bond acceptors (Lipinski definition) is 2. The summed E-state index contributed by atoms with van der Waals surface area (Å²) >= 11 is 9.62. The Labute approximate surface area is 129 Å². The monoisotopic (exact) mass is 345 g/mol. The summed E-state index contributed by atoms with van der Waals surface area (Å²) in [6.45, 7) is 2.65. The highest BCUT2D eigenvalue weighted by Crippen LogP contribution is 2.27. The molecule has 4 heteroatoms. The van der Waals surface area contributed by atoms with Gasteiger partial charge in [-0.3, -0.25) is 0 Å². The van der Waals surface area contributed by atoms with Crippen molar-refractivity contribution >= 4 is 27.5 Å². The molecule has 1 N–H and O–H groups in total. The van der Waals surface area contributed by atoms with E-state index in [4.69, 9.17) is 16.3 Å². The first-order valence-corrected chi connectivity index (χ1v) is 8.20. The first-order chi connectivity index (χ1) is 9.24. The van der Waals surface area contributed by atoms with Gasteiger partial charge < -0.3 is 10.1 Å². The molecule has 0 aromatic heterocycles. The maximum absolute atomic E-state index is 6.19. The number of ether oxygens (including phenoxy) is 1. The van der Waals surface area contributed by atoms with Gasteiger partial charge in [-0.1, -0.05) is 28.4 Å². The standard InChI is InChI=1S/C15H21BrClNO/c16-13-4-2-6-15(10-13)19-8-7-18-11-12-3-1-5-14(17)9-12/h2,4,6,10,12,14,18H,1,3,5,7-9,11H2. The molecule has 106 valence electrons. The second-order valence-electron chi connectivity index (χ2n) is 5.14. The number of hydrogen-bond donors (Lipinski definition) is 1. The van der Waals surface area contributed by atoms with E-state index in [0.717, 1.165) is 35.7 Å². The van der Waals surface area contributed by atoms with Crippen molar-refractivity contribution in [3.8, 4) is 5.75 Å². The Morgan fingerprint density at radius 1 is 1.37 bits per heavy atom. The zero-order valence-corrected chi connectivity index (χ0v) is 13.4. The van der Waals surface area contributed by atoms with E-state index in [-0.39, 0.29) is 0 Å². The van der Waals surface area contributed by atoms with Crippen LogP contribution in [-0.4, -0.2) is 25.1 Å². The van der Waals surface area contributed by atoms with Crippen molar-refractivity contribution < 1.29 is 4.74 Å². The van der Waals surface area contributed by atoms with Crippen LogP contribution >= 0.6 is 27.5 Å². The maximum Gasteiger partial charge on any atom is 0.120 e. The van der Waals surface area contributed by atoms with Gasteiger partial charge in [0.1, 0.15) is 12.4 Å². The average molecular weight is 347 g/mol. The van der Waals surface area contributed by atoms with E-state index in [1.165, 1.54) is 19.3 Å². The lowest BCUT2D eigenvalue weighted by Gasteiger charge is -2.25. The van der Waals surface area contributed by atoms with Crippen molar-refractivity contribution in [1.29, 1.82) is 0 Å². The highest BCUT2D eigenvalue weighted by molar-refractivity contribution is 9.10. The van der Waals surface area contributed by atoms with E-state index < -0.39 is 0 Å². The summed E-state index contributed by atoms with van der Waals surface area (Å²) in [5.41, 5.74) is 0. The molecular formula is C15H21BrClNO. The first-order valence-electron chi connectivity index (χ1n) is 6.97. The predicted octanol–water partition coefficient (Wildman–Crippen LogP) is 4.22. The van der Waals surface area contributed by atoms with Crippen LogP contribution in [0.25, 0.3) is 0 Å². The van der Waals surface area contributed by atoms with Gasteiger partial charge in [-0.2, -0.15) is 0 Å². The molecule has 19 heavy (non-hydrogen) atoms. The van der Waals surface area contributed by atoms with Crippen molar-refractivity contribution in [2.24, 2.45) is 5.92 Å². The van der Waals surface area contributed by atoms with E-state index in [2.05, 4.69) is 21.2 Å². The summed E-state index contributed by atoms with van der Waals surface area (Å²) in [5, 5.41) is 3.85. The van der Waals surface area contributed by atoms with Gasteiger partial charge >= 0.3 is 0 Å². The lowest BCUT2D eigenvalue weighted by molar-refractivity contribution is 0.295. The van der Waals surface area contributed by atoms with E-state index in [1.54, 1.807) is 0 Å². The summed E-state index contributed by atoms with van der Waals surface area (Å²) in [7, 11) is 0. The maximum atomic E-state index is 6.19. The van der Waals surface area contributed by atoms with Crippen LogP contribution in [0.1, 0.15) is 25.7 Å². The van der Waals surface area contributed by atoms with Gasteiger partial charge in [0.2, 0.25) is 0 Å². The molecule has 1 aromatic rings. The molecule has 2 nitrogen and oxygen atoms in total. The number of alkyl halides is 1. The van der Waals surface area contributed by atoms with Gasteiger partial charge in [0.05, 0.1) is 0 Å². The molecule has 0 heterocycles. The zero-order chi connectivity index (χ0) is 13.5. The van der Waals surface area contributed by atoms with Crippen LogP contribution in [0.15, 0.2) is 28.7 Å². The van der Waals surface area contributed by atoms with Crippen LogP contribution < -0.4 is 10.1 Å². The van der Waals surface area contributed by atoms with Crippen molar-refractivity contribution in [3.63, 3.8) is 0 Å². The van der Waals surface area contributed by atoms with Gasteiger partial charge in [-0.05, 0) is 49.9 Å². The molecule has 1 aliphatic carbocycles. The molecule has 0 radical (unpaired) electrons. The van der Waals surface area contributed by atoms with Gasteiger partial charge in [-0.15, -0.1) is 11.6 Å². The Hall–Kier alpha value is -0.250. The molecule has 2 unspecified atom stereocenters. The van der Waals surface area contributed by atoms with Gasteiger partial charge in [-0.25, -0.2) is 0 Å². The fraction of sp³-hybridized carbons (Fsp3) is 0.600. The number of halogens is 2. The molecule has 1 aliphatic rings. The van der Waals surface area contributed by atoms with Crippen molar-refractivity contribution in [2.75, 3.05) is 19.7 Å². The number of rotatable bonds is 6. The number of nitrogens with one attached hydrogen (secondary N) is 1. The van der Waals surface area contributed by atoms with Crippen LogP contribution in [-0.2, 0) is 0 Å². The third-order valence-corrected chi connectivity index (χ3v) is 4.39. The second kappa shape index (κ2) is 8.13. The van der Waals surface area contributed by atoms with Crippen LogP contribution in [0.2, 0.25) is 0 Å². The summed E-state index contributed by atoms with van der Waals surface area (Å²) in [6.07, 6.45) is 4.92. The van der Waals surface area contributed by atoms with Crippen molar-refractivity contribution in [3.05, 3.63) is 28.7 Å². The van der Waals surface area contributed by atoms with Gasteiger partial charge in [0.25, 0.3) is 0 Å². The Bertz CT molecular complexity index is 388. The van der Waals surface area contributed by atoms with Gasteiger partial charge in [0.15, 0.2) is 0 Å². The highest BCUT2D eigenvalue weighted by Gasteiger charge is 2.19. The van der Waals surface area contributed by atoms with E-state index in [9.17, 15) is 0 Å². The molecule has 1 aromatic carbocycles. The molecule has 0 spiro atoms. The summed E-state index contributed by atoms with van der Waals surface area (Å²) in [5.74, 6) is 1.65. The molecule has 0 aliphatic heterocycles. The van der Waals surface area contributed by atoms with Crippen LogP contribution in [0.3, 0.4) is 0 Å². The largest absolute Gasteiger partial charge is 0.492 e. The topological polar surface area (TPSA) is 21.3 Å². The second-order valence-corrected chi connectivity index (χ2v) is 6.67. The average Bonchev–Trinajstić information content (AvgIpc) is 2.38. The summed E-state index contributed by atoms with van der Waals surface area (Å²) in [4.78, 5) is 0. The van der Waals surface area contributed by atoms with E-state index in [0.29, 0.717) is 12.0 Å². The molecular weight excluding hydrogens is 326 g/mol. The van der Waals surface area contributed by atoms with Gasteiger partial charge in [0, 0.05) is 16.4 Å². The molecule has 2 rings (SSSR count). The minimum Gasteiger partial charge on any atom is -0.492 e. The molecule has 1 saturated carbocycles. The minimum absolute atomic E-state index is 0.387.